The second-order valence-corrected chi connectivity index (χ2v) is 5.82. The molecule has 17 heavy (non-hydrogen) atoms. The van der Waals surface area contributed by atoms with Crippen molar-refractivity contribution in [2.75, 3.05) is 5.75 Å². The Morgan fingerprint density at radius 2 is 2.24 bits per heavy atom. The van der Waals surface area contributed by atoms with Crippen LogP contribution in [0.25, 0.3) is 0 Å². The molecule has 5 heteroatoms. The number of thioether (sulfide) groups is 1. The van der Waals surface area contributed by atoms with Crippen LogP contribution in [0.15, 0.2) is 33.6 Å². The maximum absolute atomic E-state index is 10.7. The van der Waals surface area contributed by atoms with E-state index in [1.165, 1.54) is 0 Å². The van der Waals surface area contributed by atoms with E-state index < -0.39 is 12.1 Å². The summed E-state index contributed by atoms with van der Waals surface area (Å²) in [5, 5.41) is 8.82. The molecule has 2 unspecified atom stereocenters. The van der Waals surface area contributed by atoms with Gasteiger partial charge in [-0.25, -0.2) is 4.79 Å². The van der Waals surface area contributed by atoms with Gasteiger partial charge in [-0.15, -0.1) is 11.8 Å². The third-order valence-electron chi connectivity index (χ3n) is 2.64. The van der Waals surface area contributed by atoms with Crippen LogP contribution < -0.4 is 0 Å². The molecule has 1 aliphatic rings. The Labute approximate surface area is 113 Å². The molecule has 0 bridgehead atoms. The zero-order chi connectivity index (χ0) is 12.3. The summed E-state index contributed by atoms with van der Waals surface area (Å²) in [6.45, 7) is 0. The molecule has 1 saturated heterocycles. The molecule has 3 nitrogen and oxygen atoms in total. The van der Waals surface area contributed by atoms with Crippen molar-refractivity contribution in [1.82, 2.24) is 0 Å². The first-order valence-electron chi connectivity index (χ1n) is 5.42. The molecule has 1 aromatic carbocycles. The van der Waals surface area contributed by atoms with Gasteiger partial charge in [0.15, 0.2) is 6.10 Å². The second kappa shape index (κ2) is 5.89. The average molecular weight is 317 g/mol. The lowest BCUT2D eigenvalue weighted by atomic mass is 10.2. The summed E-state index contributed by atoms with van der Waals surface area (Å²) in [5.41, 5.74) is 0. The minimum absolute atomic E-state index is 0.0493. The van der Waals surface area contributed by atoms with Crippen molar-refractivity contribution in [2.24, 2.45) is 0 Å². The van der Waals surface area contributed by atoms with Gasteiger partial charge in [-0.2, -0.15) is 0 Å². The van der Waals surface area contributed by atoms with Crippen LogP contribution in [0.1, 0.15) is 12.8 Å². The Balaban J connectivity index is 1.84. The number of aliphatic carboxylic acids is 1. The molecule has 2 rings (SSSR count). The number of ether oxygens (including phenoxy) is 1. The van der Waals surface area contributed by atoms with Crippen molar-refractivity contribution in [3.05, 3.63) is 28.7 Å². The van der Waals surface area contributed by atoms with Crippen LogP contribution in [0.4, 0.5) is 0 Å². The lowest BCUT2D eigenvalue weighted by Crippen LogP contribution is -2.21. The molecule has 0 aromatic heterocycles. The molecule has 1 N–H and O–H groups in total. The summed E-state index contributed by atoms with van der Waals surface area (Å²) < 4.78 is 6.52. The normalized spacial score (nSPS) is 23.8. The number of carboxylic acids is 1. The third-order valence-corrected chi connectivity index (χ3v) is 4.80. The quantitative estimate of drug-likeness (QED) is 0.867. The van der Waals surface area contributed by atoms with Crippen LogP contribution in [0.5, 0.6) is 0 Å². The molecule has 1 fully saturated rings. The van der Waals surface area contributed by atoms with Crippen LogP contribution in [0, 0.1) is 0 Å². The first-order valence-corrected chi connectivity index (χ1v) is 7.20. The van der Waals surface area contributed by atoms with Crippen molar-refractivity contribution >= 4 is 33.7 Å². The Morgan fingerprint density at radius 3 is 2.88 bits per heavy atom. The van der Waals surface area contributed by atoms with Crippen molar-refractivity contribution in [3.63, 3.8) is 0 Å². The lowest BCUT2D eigenvalue weighted by Gasteiger charge is -2.11. The van der Waals surface area contributed by atoms with E-state index in [4.69, 9.17) is 9.84 Å². The number of carbonyl (C=O) groups is 1. The third kappa shape index (κ3) is 3.47. The number of halogens is 1. The van der Waals surface area contributed by atoms with Crippen molar-refractivity contribution in [3.8, 4) is 0 Å². The highest BCUT2D eigenvalue weighted by Crippen LogP contribution is 2.30. The minimum atomic E-state index is -0.849. The molecule has 1 heterocycles. The molecular formula is C12H13BrO3S. The van der Waals surface area contributed by atoms with E-state index in [-0.39, 0.29) is 6.10 Å². The van der Waals surface area contributed by atoms with Crippen molar-refractivity contribution < 1.29 is 14.6 Å². The van der Waals surface area contributed by atoms with Gasteiger partial charge in [-0.1, -0.05) is 12.1 Å². The van der Waals surface area contributed by atoms with Crippen LogP contribution >= 0.6 is 27.7 Å². The molecule has 0 amide bonds. The Bertz CT molecular complexity index is 410. The monoisotopic (exact) mass is 316 g/mol. The van der Waals surface area contributed by atoms with Gasteiger partial charge in [0.2, 0.25) is 0 Å². The number of carboxylic acid groups (broad SMARTS) is 1. The first kappa shape index (κ1) is 12.9. The second-order valence-electron chi connectivity index (χ2n) is 3.90. The number of hydrogen-bond donors (Lipinski definition) is 1. The van der Waals surface area contributed by atoms with Gasteiger partial charge in [-0.3, -0.25) is 0 Å². The maximum Gasteiger partial charge on any atom is 0.332 e. The minimum Gasteiger partial charge on any atom is -0.479 e. The van der Waals surface area contributed by atoms with Crippen LogP contribution in [-0.2, 0) is 9.53 Å². The van der Waals surface area contributed by atoms with E-state index in [1.54, 1.807) is 11.8 Å². The van der Waals surface area contributed by atoms with E-state index in [9.17, 15) is 4.79 Å². The van der Waals surface area contributed by atoms with E-state index in [0.29, 0.717) is 6.42 Å². The summed E-state index contributed by atoms with van der Waals surface area (Å²) in [7, 11) is 0. The summed E-state index contributed by atoms with van der Waals surface area (Å²) in [6, 6.07) is 8.00. The standard InChI is InChI=1S/C12H13BrO3S/c13-9-3-1-2-4-11(9)17-7-8-5-6-10(16-8)12(14)15/h1-4,8,10H,5-7H2,(H,14,15). The maximum atomic E-state index is 10.7. The van der Waals surface area contributed by atoms with Crippen LogP contribution in [-0.4, -0.2) is 29.0 Å². The molecule has 0 aliphatic carbocycles. The van der Waals surface area contributed by atoms with Gasteiger partial charge >= 0.3 is 5.97 Å². The molecule has 1 aliphatic heterocycles. The summed E-state index contributed by atoms with van der Waals surface area (Å²) in [6.07, 6.45) is 0.887. The zero-order valence-electron chi connectivity index (χ0n) is 9.14. The van der Waals surface area contributed by atoms with Gasteiger partial charge in [0, 0.05) is 15.1 Å². The van der Waals surface area contributed by atoms with E-state index >= 15 is 0 Å². The van der Waals surface area contributed by atoms with E-state index in [0.717, 1.165) is 21.5 Å². The van der Waals surface area contributed by atoms with E-state index in [1.807, 2.05) is 24.3 Å². The number of rotatable bonds is 4. The van der Waals surface area contributed by atoms with Crippen LogP contribution in [0.2, 0.25) is 0 Å². The molecular weight excluding hydrogens is 304 g/mol. The topological polar surface area (TPSA) is 46.5 Å². The van der Waals surface area contributed by atoms with Gasteiger partial charge in [0.05, 0.1) is 6.10 Å². The Morgan fingerprint density at radius 1 is 1.47 bits per heavy atom. The van der Waals surface area contributed by atoms with E-state index in [2.05, 4.69) is 15.9 Å². The van der Waals surface area contributed by atoms with Crippen molar-refractivity contribution in [2.45, 2.75) is 29.9 Å². The predicted octanol–water partition coefficient (Wildman–Crippen LogP) is 3.17. The molecule has 0 spiro atoms. The zero-order valence-corrected chi connectivity index (χ0v) is 11.5. The number of benzene rings is 1. The Kier molecular flexibility index (Phi) is 4.48. The average Bonchev–Trinajstić information content (AvgIpc) is 2.77. The largest absolute Gasteiger partial charge is 0.479 e. The fraction of sp³-hybridized carbons (Fsp3) is 0.417. The summed E-state index contributed by atoms with van der Waals surface area (Å²) in [4.78, 5) is 11.9. The first-order chi connectivity index (χ1) is 8.16. The molecule has 92 valence electrons. The predicted molar refractivity (Wildman–Crippen MR) is 70.4 cm³/mol. The van der Waals surface area contributed by atoms with Gasteiger partial charge < -0.3 is 9.84 Å². The van der Waals surface area contributed by atoms with Crippen LogP contribution in [0.3, 0.4) is 0 Å². The Hall–Kier alpha value is -0.520. The van der Waals surface area contributed by atoms with Gasteiger partial charge in [-0.05, 0) is 40.9 Å². The highest BCUT2D eigenvalue weighted by Gasteiger charge is 2.30. The fourth-order valence-corrected chi connectivity index (χ4v) is 3.37. The lowest BCUT2D eigenvalue weighted by molar-refractivity contribution is -0.148. The van der Waals surface area contributed by atoms with Crippen molar-refractivity contribution in [1.29, 1.82) is 0 Å². The molecule has 2 atom stereocenters. The van der Waals surface area contributed by atoms with Gasteiger partial charge in [0.25, 0.3) is 0 Å². The molecule has 0 radical (unpaired) electrons. The molecule has 1 aromatic rings. The number of hydrogen-bond acceptors (Lipinski definition) is 3. The smallest absolute Gasteiger partial charge is 0.332 e. The molecule has 0 saturated carbocycles. The highest BCUT2D eigenvalue weighted by atomic mass is 79.9. The summed E-state index contributed by atoms with van der Waals surface area (Å²) in [5.74, 6) is -0.0507. The summed E-state index contributed by atoms with van der Waals surface area (Å²) >= 11 is 5.18. The highest BCUT2D eigenvalue weighted by molar-refractivity contribution is 9.10. The SMILES string of the molecule is O=C(O)C1CCC(CSc2ccccc2Br)O1. The fourth-order valence-electron chi connectivity index (χ4n) is 1.75. The van der Waals surface area contributed by atoms with Gasteiger partial charge in [0.1, 0.15) is 0 Å².